The van der Waals surface area contributed by atoms with Gasteiger partial charge in [-0.1, -0.05) is 46.3 Å². The largest absolute Gasteiger partial charge is 0.467 e. The lowest BCUT2D eigenvalue weighted by Gasteiger charge is -2.25. The average molecular weight is 496 g/mol. The van der Waals surface area contributed by atoms with Crippen LogP contribution in [0.5, 0.6) is 0 Å². The molecule has 2 aromatic carbocycles. The summed E-state index contributed by atoms with van der Waals surface area (Å²) in [6.07, 6.45) is -9.12. The van der Waals surface area contributed by atoms with Gasteiger partial charge in [0.25, 0.3) is 0 Å². The van der Waals surface area contributed by atoms with Gasteiger partial charge in [-0.05, 0) is 29.3 Å². The van der Waals surface area contributed by atoms with Crippen LogP contribution < -0.4 is 0 Å². The molecule has 0 amide bonds. The molecule has 0 aliphatic heterocycles. The van der Waals surface area contributed by atoms with E-state index < -0.39 is 40.6 Å². The lowest BCUT2D eigenvalue weighted by atomic mass is 9.93. The van der Waals surface area contributed by atoms with Gasteiger partial charge in [-0.2, -0.15) is 26.3 Å². The van der Waals surface area contributed by atoms with Crippen molar-refractivity contribution in [1.29, 1.82) is 0 Å². The van der Waals surface area contributed by atoms with Gasteiger partial charge in [-0.25, -0.2) is 4.79 Å². The highest BCUT2D eigenvalue weighted by Crippen LogP contribution is 2.36. The van der Waals surface area contributed by atoms with Crippen molar-refractivity contribution in [1.82, 2.24) is 0 Å². The van der Waals surface area contributed by atoms with E-state index >= 15 is 0 Å². The third-order valence-corrected chi connectivity index (χ3v) is 5.12. The van der Waals surface area contributed by atoms with Crippen LogP contribution in [0.15, 0.2) is 53.5 Å². The van der Waals surface area contributed by atoms with Crippen molar-refractivity contribution in [2.24, 2.45) is 4.99 Å². The van der Waals surface area contributed by atoms with Gasteiger partial charge in [0.2, 0.25) is 0 Å². The predicted octanol–water partition coefficient (Wildman–Crippen LogP) is 5.69. The maximum Gasteiger partial charge on any atom is 0.416 e. The third kappa shape index (κ3) is 5.84. The summed E-state index contributed by atoms with van der Waals surface area (Å²) < 4.78 is 83.1. The molecule has 0 heterocycles. The number of benzene rings is 2. The Kier molecular flexibility index (Phi) is 7.33. The summed E-state index contributed by atoms with van der Waals surface area (Å²) in [7, 11) is 1.12. The highest BCUT2D eigenvalue weighted by atomic mass is 79.9. The molecule has 0 fully saturated rings. The number of ether oxygens (including phenoxy) is 1. The first kappa shape index (κ1) is 23.9. The monoisotopic (exact) mass is 495 g/mol. The molecular formula is C20H16BrF6NO2. The number of rotatable bonds is 6. The fraction of sp³-hybridized carbons (Fsp3) is 0.300. The first-order valence-electron chi connectivity index (χ1n) is 8.44. The zero-order valence-corrected chi connectivity index (χ0v) is 17.1. The number of methoxy groups -OCH3 is 1. The van der Waals surface area contributed by atoms with Crippen molar-refractivity contribution < 1.29 is 35.9 Å². The van der Waals surface area contributed by atoms with Crippen molar-refractivity contribution in [3.8, 4) is 0 Å². The number of hydrogen-bond acceptors (Lipinski definition) is 3. The van der Waals surface area contributed by atoms with Gasteiger partial charge in [-0.3, -0.25) is 4.99 Å². The number of carbonyl (C=O) groups excluding carboxylic acids is 1. The minimum absolute atomic E-state index is 0.0212. The second-order valence-corrected chi connectivity index (χ2v) is 6.98. The molecule has 0 radical (unpaired) electrons. The number of esters is 1. The second kappa shape index (κ2) is 9.20. The highest BCUT2D eigenvalue weighted by molar-refractivity contribution is 9.09. The Labute approximate surface area is 176 Å². The molecule has 0 bridgehead atoms. The number of halogens is 7. The molecule has 1 unspecified atom stereocenters. The molecule has 2 aromatic rings. The Bertz CT molecular complexity index is 879. The van der Waals surface area contributed by atoms with E-state index in [9.17, 15) is 31.1 Å². The maximum absolute atomic E-state index is 13.1. The van der Waals surface area contributed by atoms with E-state index in [0.717, 1.165) is 13.3 Å². The smallest absolute Gasteiger partial charge is 0.416 e. The van der Waals surface area contributed by atoms with Gasteiger partial charge in [0.1, 0.15) is 0 Å². The molecule has 0 aliphatic rings. The van der Waals surface area contributed by atoms with E-state index in [-0.39, 0.29) is 17.8 Å². The molecule has 3 nitrogen and oxygen atoms in total. The summed E-state index contributed by atoms with van der Waals surface area (Å²) in [5, 5.41) is -0.0663. The zero-order valence-electron chi connectivity index (χ0n) is 15.5. The fourth-order valence-corrected chi connectivity index (χ4v) is 3.25. The molecule has 2 rings (SSSR count). The first-order valence-corrected chi connectivity index (χ1v) is 9.56. The lowest BCUT2D eigenvalue weighted by molar-refractivity contribution is -0.146. The van der Waals surface area contributed by atoms with Crippen LogP contribution in [0, 0.1) is 0 Å². The van der Waals surface area contributed by atoms with E-state index in [2.05, 4.69) is 20.9 Å². The Morgan fingerprint density at radius 1 is 1.00 bits per heavy atom. The highest BCUT2D eigenvalue weighted by Gasteiger charge is 2.39. The maximum atomic E-state index is 13.1. The molecule has 0 spiro atoms. The molecule has 1 atom stereocenters. The van der Waals surface area contributed by atoms with Crippen molar-refractivity contribution in [2.45, 2.75) is 24.3 Å². The number of alkyl halides is 7. The third-order valence-electron chi connectivity index (χ3n) is 4.20. The molecule has 0 saturated heterocycles. The summed E-state index contributed by atoms with van der Waals surface area (Å²) in [5.74, 6) is -0.789. The zero-order chi connectivity index (χ0) is 22.6. The molecule has 0 aliphatic carbocycles. The van der Waals surface area contributed by atoms with E-state index in [0.29, 0.717) is 17.7 Å². The summed E-state index contributed by atoms with van der Waals surface area (Å²) in [6, 6.07) is 9.72. The van der Waals surface area contributed by atoms with Crippen LogP contribution in [0.1, 0.15) is 22.3 Å². The summed E-state index contributed by atoms with van der Waals surface area (Å²) in [6.45, 7) is 0. The Morgan fingerprint density at radius 3 is 1.97 bits per heavy atom. The minimum atomic E-state index is -4.98. The quantitative estimate of drug-likeness (QED) is 0.223. The number of hydrogen-bond donors (Lipinski definition) is 0. The molecule has 0 saturated carbocycles. The van der Waals surface area contributed by atoms with Crippen LogP contribution in [-0.2, 0) is 28.3 Å². The lowest BCUT2D eigenvalue weighted by Crippen LogP contribution is -2.42. The Hall–Kier alpha value is -2.36. The van der Waals surface area contributed by atoms with Crippen molar-refractivity contribution in [2.75, 3.05) is 12.4 Å². The van der Waals surface area contributed by atoms with Crippen molar-refractivity contribution in [3.05, 3.63) is 70.8 Å². The Morgan fingerprint density at radius 2 is 1.53 bits per heavy atom. The van der Waals surface area contributed by atoms with Gasteiger partial charge in [0.05, 0.1) is 18.2 Å². The van der Waals surface area contributed by atoms with Crippen molar-refractivity contribution >= 4 is 28.1 Å². The predicted molar refractivity (Wildman–Crippen MR) is 103 cm³/mol. The van der Waals surface area contributed by atoms with Crippen LogP contribution in [0.25, 0.3) is 0 Å². The van der Waals surface area contributed by atoms with Crippen LogP contribution in [0.4, 0.5) is 26.3 Å². The van der Waals surface area contributed by atoms with Gasteiger partial charge in [0, 0.05) is 18.0 Å². The van der Waals surface area contributed by atoms with Crippen LogP contribution in [0.2, 0.25) is 0 Å². The minimum Gasteiger partial charge on any atom is -0.467 e. The standard InChI is InChI=1S/C20H16BrF6NO2/c1-30-17(29)18(12-21,10-13-5-3-2-4-6-13)28-11-14-7-15(19(22,23)24)9-16(8-14)20(25,26)27/h2-9,11H,10,12H2,1H3/b28-11+. The van der Waals surface area contributed by atoms with Gasteiger partial charge < -0.3 is 4.74 Å². The number of carbonyl (C=O) groups is 1. The summed E-state index contributed by atoms with van der Waals surface area (Å²) in [5.41, 5.74) is -4.28. The topological polar surface area (TPSA) is 38.7 Å². The van der Waals surface area contributed by atoms with Crippen LogP contribution in [-0.4, -0.2) is 30.2 Å². The van der Waals surface area contributed by atoms with E-state index in [1.807, 2.05) is 0 Å². The van der Waals surface area contributed by atoms with Gasteiger partial charge in [0.15, 0.2) is 5.54 Å². The Balaban J connectivity index is 2.54. The first-order chi connectivity index (χ1) is 13.9. The van der Waals surface area contributed by atoms with Gasteiger partial charge in [-0.15, -0.1) is 0 Å². The molecule has 10 heteroatoms. The van der Waals surface area contributed by atoms with E-state index in [1.165, 1.54) is 0 Å². The number of nitrogens with zero attached hydrogens (tertiary/aromatic N) is 1. The normalized spacial score (nSPS) is 14.5. The number of aliphatic imine (C=N–C) groups is 1. The fourth-order valence-electron chi connectivity index (χ4n) is 2.68. The molecule has 0 aromatic heterocycles. The van der Waals surface area contributed by atoms with Crippen molar-refractivity contribution in [3.63, 3.8) is 0 Å². The summed E-state index contributed by atoms with van der Waals surface area (Å²) >= 11 is 3.16. The SMILES string of the molecule is COC(=O)C(CBr)(Cc1ccccc1)/N=C/c1cc(C(F)(F)F)cc(C(F)(F)F)c1. The van der Waals surface area contributed by atoms with Gasteiger partial charge >= 0.3 is 18.3 Å². The van der Waals surface area contributed by atoms with Crippen LogP contribution >= 0.6 is 15.9 Å². The van der Waals surface area contributed by atoms with E-state index in [1.54, 1.807) is 30.3 Å². The molecular weight excluding hydrogens is 480 g/mol. The van der Waals surface area contributed by atoms with Crippen LogP contribution in [0.3, 0.4) is 0 Å². The van der Waals surface area contributed by atoms with E-state index in [4.69, 9.17) is 4.74 Å². The molecule has 0 N–H and O–H groups in total. The summed E-state index contributed by atoms with van der Waals surface area (Å²) in [4.78, 5) is 16.5. The molecule has 30 heavy (non-hydrogen) atoms. The second-order valence-electron chi connectivity index (χ2n) is 6.42. The molecule has 162 valence electrons. The average Bonchev–Trinajstić information content (AvgIpc) is 2.69.